The third-order valence-electron chi connectivity index (χ3n) is 4.26. The van der Waals surface area contributed by atoms with Crippen LogP contribution in [0.3, 0.4) is 0 Å². The van der Waals surface area contributed by atoms with Crippen molar-refractivity contribution in [3.05, 3.63) is 40.2 Å². The van der Waals surface area contributed by atoms with Gasteiger partial charge in [0.05, 0.1) is 16.8 Å². The maximum Gasteiger partial charge on any atom is 0.311 e. The SMILES string of the molecule is Cc1c(-c2ccc(S(C)(=O)=O)cc2)nn(CC2CC2)c(=O)c1OS(C)(=O)=O. The zero-order chi connectivity index (χ0) is 20.0. The molecule has 0 bridgehead atoms. The van der Waals surface area contributed by atoms with E-state index in [2.05, 4.69) is 5.10 Å². The highest BCUT2D eigenvalue weighted by Crippen LogP contribution is 2.31. The van der Waals surface area contributed by atoms with E-state index < -0.39 is 25.5 Å². The zero-order valence-electron chi connectivity index (χ0n) is 15.2. The Morgan fingerprint density at radius 2 is 1.70 bits per heavy atom. The van der Waals surface area contributed by atoms with E-state index in [0.717, 1.165) is 25.4 Å². The Kier molecular flexibility index (Phi) is 4.89. The van der Waals surface area contributed by atoms with Gasteiger partial charge < -0.3 is 4.18 Å². The van der Waals surface area contributed by atoms with Crippen molar-refractivity contribution >= 4 is 20.0 Å². The van der Waals surface area contributed by atoms with E-state index in [1.807, 2.05) is 0 Å². The van der Waals surface area contributed by atoms with Gasteiger partial charge in [-0.2, -0.15) is 13.5 Å². The van der Waals surface area contributed by atoms with Crippen LogP contribution in [-0.4, -0.2) is 39.1 Å². The zero-order valence-corrected chi connectivity index (χ0v) is 16.8. The highest BCUT2D eigenvalue weighted by Gasteiger charge is 2.26. The topological polar surface area (TPSA) is 112 Å². The average molecular weight is 412 g/mol. The molecule has 3 rings (SSSR count). The summed E-state index contributed by atoms with van der Waals surface area (Å²) in [5.41, 5.74) is 0.614. The van der Waals surface area contributed by atoms with Crippen LogP contribution in [-0.2, 0) is 26.5 Å². The first-order chi connectivity index (χ1) is 12.5. The molecule has 0 aliphatic heterocycles. The van der Waals surface area contributed by atoms with E-state index in [0.29, 0.717) is 23.7 Å². The summed E-state index contributed by atoms with van der Waals surface area (Å²) in [6.45, 7) is 1.93. The Balaban J connectivity index is 2.16. The highest BCUT2D eigenvalue weighted by molar-refractivity contribution is 7.90. The average Bonchev–Trinajstić information content (AvgIpc) is 3.37. The van der Waals surface area contributed by atoms with Crippen LogP contribution in [0.1, 0.15) is 18.4 Å². The summed E-state index contributed by atoms with van der Waals surface area (Å²) in [4.78, 5) is 12.8. The Labute approximate surface area is 157 Å². The van der Waals surface area contributed by atoms with Gasteiger partial charge in [0.25, 0.3) is 0 Å². The largest absolute Gasteiger partial charge is 0.376 e. The number of aromatic nitrogens is 2. The van der Waals surface area contributed by atoms with Gasteiger partial charge in [-0.1, -0.05) is 12.1 Å². The Hall–Kier alpha value is -2.20. The predicted octanol–water partition coefficient (Wildman–Crippen LogP) is 1.37. The van der Waals surface area contributed by atoms with Gasteiger partial charge in [-0.15, -0.1) is 0 Å². The summed E-state index contributed by atoms with van der Waals surface area (Å²) in [7, 11) is -7.24. The Morgan fingerprint density at radius 3 is 2.19 bits per heavy atom. The first kappa shape index (κ1) is 19.6. The van der Waals surface area contributed by atoms with Crippen molar-refractivity contribution in [3.63, 3.8) is 0 Å². The van der Waals surface area contributed by atoms with Crippen molar-refractivity contribution in [1.82, 2.24) is 9.78 Å². The van der Waals surface area contributed by atoms with Gasteiger partial charge in [-0.05, 0) is 37.8 Å². The molecule has 1 aliphatic carbocycles. The van der Waals surface area contributed by atoms with Crippen LogP contribution in [0.4, 0.5) is 0 Å². The molecule has 146 valence electrons. The number of sulfone groups is 1. The Bertz CT molecular complexity index is 1150. The summed E-state index contributed by atoms with van der Waals surface area (Å²) in [6.07, 6.45) is 3.96. The van der Waals surface area contributed by atoms with E-state index in [1.54, 1.807) is 19.1 Å². The quantitative estimate of drug-likeness (QED) is 0.659. The fourth-order valence-electron chi connectivity index (χ4n) is 2.68. The lowest BCUT2D eigenvalue weighted by Crippen LogP contribution is -2.28. The van der Waals surface area contributed by atoms with Crippen LogP contribution >= 0.6 is 0 Å². The van der Waals surface area contributed by atoms with Crippen LogP contribution in [0.25, 0.3) is 11.3 Å². The molecule has 10 heteroatoms. The molecule has 1 aromatic heterocycles. The third kappa shape index (κ3) is 4.56. The summed E-state index contributed by atoms with van der Waals surface area (Å²) in [6, 6.07) is 6.03. The molecule has 0 N–H and O–H groups in total. The van der Waals surface area contributed by atoms with Crippen LogP contribution in [0.5, 0.6) is 5.75 Å². The number of hydrogen-bond donors (Lipinski definition) is 0. The maximum absolute atomic E-state index is 12.6. The molecule has 0 saturated heterocycles. The van der Waals surface area contributed by atoms with Crippen molar-refractivity contribution in [1.29, 1.82) is 0 Å². The molecule has 0 unspecified atom stereocenters. The molecule has 0 amide bonds. The van der Waals surface area contributed by atoms with Crippen molar-refractivity contribution in [2.24, 2.45) is 5.92 Å². The molecule has 1 saturated carbocycles. The fraction of sp³-hybridized carbons (Fsp3) is 0.412. The minimum atomic E-state index is -3.90. The molecule has 2 aromatic rings. The van der Waals surface area contributed by atoms with Gasteiger partial charge in [0.2, 0.25) is 5.75 Å². The maximum atomic E-state index is 12.6. The third-order valence-corrected chi connectivity index (χ3v) is 5.86. The van der Waals surface area contributed by atoms with Gasteiger partial charge in [-0.3, -0.25) is 4.79 Å². The predicted molar refractivity (Wildman–Crippen MR) is 100.0 cm³/mol. The molecular formula is C17H20N2O6S2. The molecule has 1 fully saturated rings. The smallest absolute Gasteiger partial charge is 0.311 e. The van der Waals surface area contributed by atoms with E-state index in [1.165, 1.54) is 16.8 Å². The van der Waals surface area contributed by atoms with Gasteiger partial charge >= 0.3 is 15.7 Å². The van der Waals surface area contributed by atoms with Crippen LogP contribution in [0.2, 0.25) is 0 Å². The summed E-state index contributed by atoms with van der Waals surface area (Å²) in [5.74, 6) is 0.0554. The lowest BCUT2D eigenvalue weighted by molar-refractivity contribution is 0.466. The lowest BCUT2D eigenvalue weighted by atomic mass is 10.1. The monoisotopic (exact) mass is 412 g/mol. The minimum Gasteiger partial charge on any atom is -0.376 e. The number of hydrogen-bond acceptors (Lipinski definition) is 7. The van der Waals surface area contributed by atoms with Gasteiger partial charge in [0.1, 0.15) is 0 Å². The van der Waals surface area contributed by atoms with Crippen molar-refractivity contribution in [2.45, 2.75) is 31.2 Å². The number of nitrogens with zero attached hydrogens (tertiary/aromatic N) is 2. The molecule has 1 aromatic carbocycles. The van der Waals surface area contributed by atoms with Gasteiger partial charge in [0.15, 0.2) is 9.84 Å². The molecule has 1 aliphatic rings. The summed E-state index contributed by atoms with van der Waals surface area (Å²) < 4.78 is 52.6. The van der Waals surface area contributed by atoms with Crippen LogP contribution < -0.4 is 9.74 Å². The summed E-state index contributed by atoms with van der Waals surface area (Å²) in [5, 5.41) is 4.38. The first-order valence-corrected chi connectivity index (χ1v) is 12.0. The molecule has 8 nitrogen and oxygen atoms in total. The molecule has 0 radical (unpaired) electrons. The van der Waals surface area contributed by atoms with E-state index in [4.69, 9.17) is 4.18 Å². The lowest BCUT2D eigenvalue weighted by Gasteiger charge is -2.14. The molecule has 0 spiro atoms. The molecule has 1 heterocycles. The number of rotatable bonds is 6. The number of benzene rings is 1. The summed E-state index contributed by atoms with van der Waals surface area (Å²) >= 11 is 0. The Morgan fingerprint density at radius 1 is 1.11 bits per heavy atom. The molecular weight excluding hydrogens is 392 g/mol. The second-order valence-electron chi connectivity index (χ2n) is 6.82. The van der Waals surface area contributed by atoms with E-state index >= 15 is 0 Å². The van der Waals surface area contributed by atoms with Crippen molar-refractivity contribution in [3.8, 4) is 17.0 Å². The molecule has 0 atom stereocenters. The second-order valence-corrected chi connectivity index (χ2v) is 10.4. The van der Waals surface area contributed by atoms with Gasteiger partial charge in [0, 0.05) is 23.9 Å². The van der Waals surface area contributed by atoms with Gasteiger partial charge in [-0.25, -0.2) is 13.1 Å². The van der Waals surface area contributed by atoms with Crippen LogP contribution in [0, 0.1) is 12.8 Å². The fourth-order valence-corrected chi connectivity index (χ4v) is 3.81. The highest BCUT2D eigenvalue weighted by atomic mass is 32.2. The van der Waals surface area contributed by atoms with Crippen LogP contribution in [0.15, 0.2) is 34.0 Å². The standard InChI is InChI=1S/C17H20N2O6S2/c1-11-15(13-6-8-14(9-7-13)26(2,21)22)18-19(10-12-4-5-12)17(20)16(11)25-27(3,23)24/h6-9,12H,4-5,10H2,1-3H3. The van der Waals surface area contributed by atoms with Crippen molar-refractivity contribution < 1.29 is 21.0 Å². The van der Waals surface area contributed by atoms with Crippen molar-refractivity contribution in [2.75, 3.05) is 12.5 Å². The minimum absolute atomic E-state index is 0.155. The first-order valence-electron chi connectivity index (χ1n) is 8.27. The normalized spacial score (nSPS) is 14.9. The van der Waals surface area contributed by atoms with E-state index in [-0.39, 0.29) is 16.2 Å². The van der Waals surface area contributed by atoms with E-state index in [9.17, 15) is 21.6 Å². The molecule has 27 heavy (non-hydrogen) atoms. The second kappa shape index (κ2) is 6.75.